The number of benzene rings is 2. The summed E-state index contributed by atoms with van der Waals surface area (Å²) in [5, 5.41) is 0.254. The number of aryl methyl sites for hydroxylation is 1. The Morgan fingerprint density at radius 2 is 1.59 bits per heavy atom. The molecule has 2 aliphatic heterocycles. The third kappa shape index (κ3) is 7.05. The Hall–Kier alpha value is -4.35. The number of nitrogens with zero attached hydrogens (tertiary/aromatic N) is 1. The Kier molecular flexibility index (Phi) is 9.66. The zero-order valence-corrected chi connectivity index (χ0v) is 29.7. The first-order valence-corrected chi connectivity index (χ1v) is 19.8. The van der Waals surface area contributed by atoms with Crippen LogP contribution in [0, 0.1) is 6.92 Å². The van der Waals surface area contributed by atoms with E-state index in [2.05, 4.69) is 4.98 Å². The Labute approximate surface area is 284 Å². The van der Waals surface area contributed by atoms with Gasteiger partial charge in [0, 0.05) is 11.8 Å². The van der Waals surface area contributed by atoms with Gasteiger partial charge in [0.15, 0.2) is 26.3 Å². The van der Waals surface area contributed by atoms with Gasteiger partial charge in [0.05, 0.1) is 22.2 Å². The molecule has 1 fully saturated rings. The van der Waals surface area contributed by atoms with Gasteiger partial charge in [-0.15, -0.1) is 0 Å². The molecular formula is C33H39N3O11SSi. The van der Waals surface area contributed by atoms with Crippen LogP contribution < -0.4 is 17.0 Å². The lowest BCUT2D eigenvalue weighted by Crippen LogP contribution is -2.61. The highest BCUT2D eigenvalue weighted by Gasteiger charge is 2.69. The summed E-state index contributed by atoms with van der Waals surface area (Å²) in [7, 11) is -7.39. The monoisotopic (exact) mass is 713 g/mol. The largest absolute Gasteiger partial charge is 0.458 e. The molecule has 3 heterocycles. The molecule has 0 bridgehead atoms. The molecule has 16 heteroatoms. The van der Waals surface area contributed by atoms with Crippen LogP contribution >= 0.6 is 0 Å². The molecule has 1 spiro atoms. The molecule has 5 rings (SSSR count). The summed E-state index contributed by atoms with van der Waals surface area (Å²) in [6.45, 7) is 10.5. The fourth-order valence-corrected chi connectivity index (χ4v) is 7.89. The van der Waals surface area contributed by atoms with Gasteiger partial charge in [-0.2, -0.15) is 8.42 Å². The van der Waals surface area contributed by atoms with Crippen molar-refractivity contribution in [2.75, 3.05) is 6.61 Å². The molecule has 0 amide bonds. The maximum Gasteiger partial charge on any atom is 0.338 e. The van der Waals surface area contributed by atoms with E-state index in [4.69, 9.17) is 28.6 Å². The zero-order chi connectivity index (χ0) is 35.9. The van der Waals surface area contributed by atoms with Crippen molar-refractivity contribution in [3.63, 3.8) is 0 Å². The summed E-state index contributed by atoms with van der Waals surface area (Å²) >= 11 is 0. The highest BCUT2D eigenvalue weighted by atomic mass is 32.2. The maximum atomic E-state index is 13.5. The number of H-pyrrole nitrogens is 1. The van der Waals surface area contributed by atoms with Gasteiger partial charge < -0.3 is 24.4 Å². The number of hydrogen-bond acceptors (Lipinski definition) is 12. The number of carbonyl (C=O) groups is 2. The second kappa shape index (κ2) is 13.2. The number of aromatic amines is 1. The van der Waals surface area contributed by atoms with Crippen LogP contribution in [0.15, 0.2) is 87.6 Å². The van der Waals surface area contributed by atoms with E-state index in [-0.39, 0.29) is 22.4 Å². The molecule has 0 aliphatic carbocycles. The van der Waals surface area contributed by atoms with E-state index < -0.39 is 83.4 Å². The van der Waals surface area contributed by atoms with Gasteiger partial charge >= 0.3 is 17.6 Å². The second-order valence-corrected chi connectivity index (χ2v) is 19.6. The third-order valence-electron chi connectivity index (χ3n) is 9.01. The van der Waals surface area contributed by atoms with Gasteiger partial charge in [-0.25, -0.2) is 18.6 Å². The molecule has 1 saturated heterocycles. The van der Waals surface area contributed by atoms with E-state index in [9.17, 15) is 27.6 Å². The number of esters is 2. The molecule has 0 saturated carbocycles. The van der Waals surface area contributed by atoms with Gasteiger partial charge in [0.25, 0.3) is 15.7 Å². The molecule has 2 unspecified atom stereocenters. The Balaban J connectivity index is 1.69. The van der Waals surface area contributed by atoms with Gasteiger partial charge in [-0.05, 0) is 49.3 Å². The van der Waals surface area contributed by atoms with E-state index >= 15 is 0 Å². The molecule has 262 valence electrons. The summed E-state index contributed by atoms with van der Waals surface area (Å²) in [5.74, 6) is -1.62. The quantitative estimate of drug-likeness (QED) is 0.187. The average molecular weight is 714 g/mol. The molecule has 2 aliphatic rings. The molecule has 5 atom stereocenters. The van der Waals surface area contributed by atoms with Crippen molar-refractivity contribution in [3.8, 4) is 0 Å². The van der Waals surface area contributed by atoms with E-state index in [0.717, 1.165) is 4.57 Å². The topological polar surface area (TPSA) is 195 Å². The van der Waals surface area contributed by atoms with Crippen molar-refractivity contribution in [1.29, 1.82) is 0 Å². The van der Waals surface area contributed by atoms with Crippen LogP contribution in [0.3, 0.4) is 0 Å². The fraction of sp³-hybridized carbons (Fsp3) is 0.394. The van der Waals surface area contributed by atoms with Crippen molar-refractivity contribution >= 4 is 30.4 Å². The van der Waals surface area contributed by atoms with E-state index in [1.165, 1.54) is 37.4 Å². The second-order valence-electron chi connectivity index (χ2n) is 13.4. The summed E-state index contributed by atoms with van der Waals surface area (Å²) in [6, 6.07) is 16.0. The lowest BCUT2D eigenvalue weighted by molar-refractivity contribution is -0.115. The normalized spacial score (nSPS) is 24.0. The highest BCUT2D eigenvalue weighted by Crippen LogP contribution is 2.52. The first kappa shape index (κ1) is 35.9. The average Bonchev–Trinajstić information content (AvgIpc) is 3.47. The minimum absolute atomic E-state index is 0.135. The molecule has 3 aromatic rings. The Morgan fingerprint density at radius 3 is 2.12 bits per heavy atom. The summed E-state index contributed by atoms with van der Waals surface area (Å²) < 4.78 is 58.1. The van der Waals surface area contributed by atoms with Crippen molar-refractivity contribution in [2.24, 2.45) is 5.73 Å². The number of ether oxygens (including phenoxy) is 3. The van der Waals surface area contributed by atoms with Crippen LogP contribution in [-0.2, 0) is 32.9 Å². The highest BCUT2D eigenvalue weighted by molar-refractivity contribution is 7.90. The first-order valence-electron chi connectivity index (χ1n) is 15.4. The predicted molar refractivity (Wildman–Crippen MR) is 179 cm³/mol. The van der Waals surface area contributed by atoms with Crippen LogP contribution in [0.4, 0.5) is 0 Å². The summed E-state index contributed by atoms with van der Waals surface area (Å²) in [5.41, 5.74) is 2.89. The smallest absolute Gasteiger partial charge is 0.338 e. The first-order chi connectivity index (χ1) is 22.9. The maximum absolute atomic E-state index is 13.5. The molecule has 0 radical (unpaired) electrons. The lowest BCUT2D eigenvalue weighted by Gasteiger charge is -2.43. The van der Waals surface area contributed by atoms with Gasteiger partial charge in [0.1, 0.15) is 18.8 Å². The Morgan fingerprint density at radius 1 is 1.02 bits per heavy atom. The van der Waals surface area contributed by atoms with Gasteiger partial charge in [-0.1, -0.05) is 57.2 Å². The molecule has 49 heavy (non-hydrogen) atoms. The fourth-order valence-electron chi connectivity index (χ4n) is 5.40. The van der Waals surface area contributed by atoms with Crippen molar-refractivity contribution < 1.29 is 40.8 Å². The molecule has 1 aromatic heterocycles. The number of nitrogens with two attached hydrogens (primary N) is 1. The van der Waals surface area contributed by atoms with Gasteiger partial charge in [0.2, 0.25) is 0 Å². The lowest BCUT2D eigenvalue weighted by atomic mass is 9.86. The molecule has 14 nitrogen and oxygen atoms in total. The molecule has 3 N–H and O–H groups in total. The van der Waals surface area contributed by atoms with Crippen LogP contribution in [0.1, 0.15) is 53.3 Å². The molecular weight excluding hydrogens is 675 g/mol. The number of carbonyl (C=O) groups excluding carboxylic acids is 2. The number of nitrogens with one attached hydrogen (secondary N) is 1. The zero-order valence-electron chi connectivity index (χ0n) is 27.9. The van der Waals surface area contributed by atoms with E-state index in [1.807, 2.05) is 33.9 Å². The standard InChI is InChI=1S/C33H39N3O11SSi/c1-20-17-36(31(40)35-27(20)37)28-26(46-49(5,6)32(2,3)4)33(24(34)19-48(41,42)47-33)25(45-28)23(44-30(39)22-15-11-8-12-16-22)18-43-29(38)21-13-9-7-10-14-21/h7-17,19,23,25-26,28H,18,34H2,1-6H3,(H,35,37,40)/t23?,25-,26+,28-,33?/m1/s1. The van der Waals surface area contributed by atoms with Crippen LogP contribution in [0.25, 0.3) is 0 Å². The van der Waals surface area contributed by atoms with Crippen molar-refractivity contribution in [1.82, 2.24) is 9.55 Å². The van der Waals surface area contributed by atoms with Crippen LogP contribution in [0.2, 0.25) is 18.1 Å². The van der Waals surface area contributed by atoms with Crippen LogP contribution in [-0.4, -0.2) is 68.7 Å². The SMILES string of the molecule is Cc1cn([C@@H]2O[C@H](C(COC(=O)c3ccccc3)OC(=O)c3ccccc3)C3(OS(=O)(=O)C=C3N)[C@H]2O[Si](C)(C)C(C)(C)C)c(=O)[nH]c1=O. The number of aromatic nitrogens is 2. The molecule has 2 aromatic carbocycles. The number of rotatable bonds is 9. The Bertz CT molecular complexity index is 1990. The van der Waals surface area contributed by atoms with E-state index in [1.54, 1.807) is 36.4 Å². The van der Waals surface area contributed by atoms with Crippen LogP contribution in [0.5, 0.6) is 0 Å². The van der Waals surface area contributed by atoms with Crippen molar-refractivity contribution in [2.45, 2.75) is 76.0 Å². The van der Waals surface area contributed by atoms with Gasteiger partial charge in [-0.3, -0.25) is 14.3 Å². The summed E-state index contributed by atoms with van der Waals surface area (Å²) in [4.78, 5) is 54.5. The predicted octanol–water partition coefficient (Wildman–Crippen LogP) is 3.11. The third-order valence-corrected chi connectivity index (χ3v) is 14.5. The van der Waals surface area contributed by atoms with Crippen molar-refractivity contribution in [3.05, 3.63) is 115 Å². The minimum atomic E-state index is -4.49. The van der Waals surface area contributed by atoms with E-state index in [0.29, 0.717) is 5.41 Å². The number of hydrogen-bond donors (Lipinski definition) is 2. The minimum Gasteiger partial charge on any atom is -0.458 e. The summed E-state index contributed by atoms with van der Waals surface area (Å²) in [6.07, 6.45) is -4.91.